The molecule has 0 saturated heterocycles. The first-order chi connectivity index (χ1) is 3.12. The van der Waals surface area contributed by atoms with Crippen LogP contribution in [-0.4, -0.2) is 25.2 Å². The van der Waals surface area contributed by atoms with Crippen LogP contribution < -0.4 is 0 Å². The molecule has 0 amide bonds. The second-order valence-electron chi connectivity index (χ2n) is 1.83. The van der Waals surface area contributed by atoms with Crippen molar-refractivity contribution in [3.63, 3.8) is 0 Å². The molecule has 0 spiro atoms. The molecular formula is C4H11AsO2. The van der Waals surface area contributed by atoms with E-state index in [2.05, 4.69) is 0 Å². The Morgan fingerprint density at radius 1 is 1.86 bits per heavy atom. The van der Waals surface area contributed by atoms with E-state index in [1.54, 1.807) is 6.92 Å². The summed E-state index contributed by atoms with van der Waals surface area (Å²) in [6.45, 7) is 3.44. The summed E-state index contributed by atoms with van der Waals surface area (Å²) in [7, 11) is 0. The van der Waals surface area contributed by atoms with Crippen LogP contribution in [0.15, 0.2) is 0 Å². The third kappa shape index (κ3) is 2.95. The Labute approximate surface area is 49.8 Å². The van der Waals surface area contributed by atoms with Gasteiger partial charge in [-0.2, -0.15) is 0 Å². The van der Waals surface area contributed by atoms with Crippen LogP contribution in [0.25, 0.3) is 0 Å². The van der Waals surface area contributed by atoms with Crippen LogP contribution >= 0.6 is 0 Å². The van der Waals surface area contributed by atoms with Gasteiger partial charge in [0.2, 0.25) is 0 Å². The van der Waals surface area contributed by atoms with Crippen LogP contribution in [0.2, 0.25) is 0 Å². The van der Waals surface area contributed by atoms with Crippen molar-refractivity contribution in [2.75, 3.05) is 0 Å². The van der Waals surface area contributed by atoms with Crippen molar-refractivity contribution in [3.05, 3.63) is 0 Å². The fraction of sp³-hybridized carbons (Fsp3) is 1.00. The zero-order valence-electron chi connectivity index (χ0n) is 4.64. The van der Waals surface area contributed by atoms with Gasteiger partial charge in [0.1, 0.15) is 0 Å². The molecule has 3 heteroatoms. The maximum atomic E-state index is 10.1. The third-order valence-corrected chi connectivity index (χ3v) is 2.89. The molecule has 7 heavy (non-hydrogen) atoms. The maximum absolute atomic E-state index is 10.1. The average molecular weight is 166 g/mol. The number of aliphatic hydroxyl groups is 1. The van der Waals surface area contributed by atoms with Crippen molar-refractivity contribution in [2.45, 2.75) is 24.7 Å². The second kappa shape index (κ2) is 2.58. The molecule has 0 aliphatic rings. The molecule has 0 aliphatic heterocycles. The SMILES string of the molecule is CCC(C)(O)[AsH2]=O. The van der Waals surface area contributed by atoms with E-state index < -0.39 is 20.1 Å². The summed E-state index contributed by atoms with van der Waals surface area (Å²) in [5.74, 6) is 0. The number of rotatable bonds is 2. The first-order valence-electron chi connectivity index (χ1n) is 2.31. The molecule has 0 fully saturated rings. The average Bonchev–Trinajstić information content (AvgIpc) is 1.68. The monoisotopic (exact) mass is 166 g/mol. The van der Waals surface area contributed by atoms with E-state index in [1.807, 2.05) is 6.92 Å². The predicted octanol–water partition coefficient (Wildman–Crippen LogP) is -0.381. The van der Waals surface area contributed by atoms with E-state index in [4.69, 9.17) is 5.11 Å². The molecule has 1 N–H and O–H groups in total. The molecule has 44 valence electrons. The molecule has 0 radical (unpaired) electrons. The topological polar surface area (TPSA) is 37.3 Å². The molecule has 0 saturated carbocycles. The summed E-state index contributed by atoms with van der Waals surface area (Å²) in [6.07, 6.45) is 0.608. The van der Waals surface area contributed by atoms with Crippen molar-refractivity contribution in [2.24, 2.45) is 0 Å². The van der Waals surface area contributed by atoms with Gasteiger partial charge in [-0.15, -0.1) is 0 Å². The second-order valence-corrected chi connectivity index (χ2v) is 4.93. The Morgan fingerprint density at radius 2 is 2.29 bits per heavy atom. The Morgan fingerprint density at radius 3 is 2.29 bits per heavy atom. The Balaban J connectivity index is 3.58. The van der Waals surface area contributed by atoms with Gasteiger partial charge in [0.15, 0.2) is 0 Å². The van der Waals surface area contributed by atoms with E-state index >= 15 is 0 Å². The summed E-state index contributed by atoms with van der Waals surface area (Å²) < 4.78 is 9.27. The van der Waals surface area contributed by atoms with E-state index in [1.165, 1.54) is 0 Å². The van der Waals surface area contributed by atoms with Gasteiger partial charge < -0.3 is 0 Å². The van der Waals surface area contributed by atoms with Crippen molar-refractivity contribution in [1.29, 1.82) is 0 Å². The van der Waals surface area contributed by atoms with Crippen LogP contribution in [0.3, 0.4) is 0 Å². The molecule has 0 aromatic rings. The zero-order chi connectivity index (χ0) is 5.91. The Kier molecular flexibility index (Phi) is 2.70. The molecule has 0 aromatic carbocycles. The summed E-state index contributed by atoms with van der Waals surface area (Å²) in [6, 6.07) is 0. The van der Waals surface area contributed by atoms with E-state index in [9.17, 15) is 3.74 Å². The molecule has 2 atom stereocenters. The number of hydrogen-bond acceptors (Lipinski definition) is 2. The first-order valence-corrected chi connectivity index (χ1v) is 4.51. The van der Waals surface area contributed by atoms with Gasteiger partial charge in [0.05, 0.1) is 0 Å². The molecule has 0 heterocycles. The summed E-state index contributed by atoms with van der Waals surface area (Å²) >= 11 is -1.58. The Bertz CT molecular complexity index is 70.1. The Hall–Kier alpha value is 0.318. The summed E-state index contributed by atoms with van der Waals surface area (Å²) in [5, 5.41) is 8.89. The van der Waals surface area contributed by atoms with Gasteiger partial charge in [0, 0.05) is 0 Å². The molecule has 0 bridgehead atoms. The van der Waals surface area contributed by atoms with E-state index in [0.29, 0.717) is 6.42 Å². The number of hydrogen-bond donors (Lipinski definition) is 1. The van der Waals surface area contributed by atoms with Gasteiger partial charge in [-0.25, -0.2) is 0 Å². The van der Waals surface area contributed by atoms with Crippen molar-refractivity contribution in [1.82, 2.24) is 0 Å². The van der Waals surface area contributed by atoms with Gasteiger partial charge in [-0.3, -0.25) is 0 Å². The van der Waals surface area contributed by atoms with Gasteiger partial charge in [-0.1, -0.05) is 0 Å². The van der Waals surface area contributed by atoms with Crippen molar-refractivity contribution >= 4 is 15.7 Å². The van der Waals surface area contributed by atoms with Gasteiger partial charge in [-0.05, 0) is 0 Å². The molecule has 0 aromatic heterocycles. The normalized spacial score (nSPS) is 20.4. The van der Waals surface area contributed by atoms with Crippen LogP contribution in [0.5, 0.6) is 0 Å². The summed E-state index contributed by atoms with van der Waals surface area (Å²) in [5.41, 5.74) is 0. The fourth-order valence-electron chi connectivity index (χ4n) is 0.0833. The molecular weight excluding hydrogens is 155 g/mol. The molecule has 0 aliphatic carbocycles. The fourth-order valence-corrected chi connectivity index (χ4v) is 0.433. The van der Waals surface area contributed by atoms with Crippen LogP contribution in [0, 0.1) is 0 Å². The van der Waals surface area contributed by atoms with E-state index in [-0.39, 0.29) is 0 Å². The van der Waals surface area contributed by atoms with Crippen LogP contribution in [0.1, 0.15) is 20.3 Å². The van der Waals surface area contributed by atoms with Crippen molar-refractivity contribution in [3.8, 4) is 0 Å². The third-order valence-electron chi connectivity index (χ3n) is 0.970. The molecule has 2 unspecified atom stereocenters. The quantitative estimate of drug-likeness (QED) is 0.567. The first kappa shape index (κ1) is 7.32. The van der Waals surface area contributed by atoms with E-state index in [0.717, 1.165) is 0 Å². The standard InChI is InChI=1S/C4H11AsO2/c1-3-4(2,6)5-7/h6H,3,5H2,1-2H3. The molecule has 0 rings (SSSR count). The van der Waals surface area contributed by atoms with Crippen LogP contribution in [0.4, 0.5) is 0 Å². The van der Waals surface area contributed by atoms with Gasteiger partial charge in [0.25, 0.3) is 0 Å². The molecule has 2 nitrogen and oxygen atoms in total. The predicted molar refractivity (Wildman–Crippen MR) is 30.1 cm³/mol. The summed E-state index contributed by atoms with van der Waals surface area (Å²) in [4.78, 5) is 0. The van der Waals surface area contributed by atoms with Gasteiger partial charge >= 0.3 is 49.2 Å². The minimum absolute atomic E-state index is 0.608. The van der Waals surface area contributed by atoms with Crippen molar-refractivity contribution < 1.29 is 8.85 Å². The van der Waals surface area contributed by atoms with Crippen LogP contribution in [-0.2, 0) is 3.74 Å². The zero-order valence-corrected chi connectivity index (χ0v) is 7.06. The minimum atomic E-state index is -1.58.